The number of rotatable bonds is 3. The van der Waals surface area contributed by atoms with Gasteiger partial charge in [0.2, 0.25) is 0 Å². The number of aromatic nitrogens is 1. The number of fused-ring (bicyclic) bond motifs is 1. The van der Waals surface area contributed by atoms with Gasteiger partial charge in [-0.1, -0.05) is 29.3 Å². The van der Waals surface area contributed by atoms with E-state index in [1.807, 2.05) is 0 Å². The van der Waals surface area contributed by atoms with Crippen LogP contribution in [0.2, 0.25) is 10.0 Å². The van der Waals surface area contributed by atoms with E-state index in [4.69, 9.17) is 27.6 Å². The van der Waals surface area contributed by atoms with E-state index < -0.39 is 15.8 Å². The van der Waals surface area contributed by atoms with Crippen molar-refractivity contribution in [2.24, 2.45) is 0 Å². The lowest BCUT2D eigenvalue weighted by Crippen LogP contribution is -2.13. The van der Waals surface area contributed by atoms with Crippen LogP contribution in [0.3, 0.4) is 0 Å². The minimum Gasteiger partial charge on any atom is -0.408 e. The molecule has 0 amide bonds. The van der Waals surface area contributed by atoms with Crippen LogP contribution in [0.15, 0.2) is 50.5 Å². The molecule has 0 aliphatic carbocycles. The van der Waals surface area contributed by atoms with Gasteiger partial charge in [-0.05, 0) is 24.3 Å². The van der Waals surface area contributed by atoms with Crippen molar-refractivity contribution in [1.29, 1.82) is 0 Å². The third-order valence-electron chi connectivity index (χ3n) is 2.84. The van der Waals surface area contributed by atoms with Crippen molar-refractivity contribution in [3.05, 3.63) is 57.0 Å². The number of anilines is 1. The van der Waals surface area contributed by atoms with Crippen LogP contribution in [0.1, 0.15) is 0 Å². The maximum absolute atomic E-state index is 12.4. The van der Waals surface area contributed by atoms with E-state index in [1.165, 1.54) is 18.2 Å². The number of nitrogens with one attached hydrogen (secondary N) is 2. The number of sulfonamides is 1. The first-order chi connectivity index (χ1) is 10.3. The molecule has 0 unspecified atom stereocenters. The van der Waals surface area contributed by atoms with Crippen molar-refractivity contribution >= 4 is 50.0 Å². The Bertz CT molecular complexity index is 1020. The highest BCUT2D eigenvalue weighted by Gasteiger charge is 2.20. The summed E-state index contributed by atoms with van der Waals surface area (Å²) in [5.41, 5.74) is 0.705. The molecular formula is C13H8Cl2N2O4S. The van der Waals surface area contributed by atoms with Gasteiger partial charge < -0.3 is 4.42 Å². The van der Waals surface area contributed by atoms with Gasteiger partial charge in [0.1, 0.15) is 4.90 Å². The molecule has 0 fully saturated rings. The van der Waals surface area contributed by atoms with Crippen LogP contribution < -0.4 is 10.5 Å². The summed E-state index contributed by atoms with van der Waals surface area (Å²) in [6.07, 6.45) is 0. The number of hydrogen-bond acceptors (Lipinski definition) is 4. The van der Waals surface area contributed by atoms with Crippen LogP contribution >= 0.6 is 23.2 Å². The topological polar surface area (TPSA) is 92.2 Å². The van der Waals surface area contributed by atoms with E-state index in [-0.39, 0.29) is 15.5 Å². The average Bonchev–Trinajstić information content (AvgIpc) is 2.76. The Morgan fingerprint density at radius 3 is 2.64 bits per heavy atom. The molecule has 9 heteroatoms. The van der Waals surface area contributed by atoms with Gasteiger partial charge in [-0.15, -0.1) is 0 Å². The third kappa shape index (κ3) is 2.83. The van der Waals surface area contributed by atoms with Crippen molar-refractivity contribution in [1.82, 2.24) is 4.98 Å². The minimum atomic E-state index is -3.96. The van der Waals surface area contributed by atoms with E-state index in [2.05, 4.69) is 9.71 Å². The molecule has 0 spiro atoms. The Morgan fingerprint density at radius 2 is 1.91 bits per heavy atom. The Balaban J connectivity index is 2.08. The lowest BCUT2D eigenvalue weighted by molar-refractivity contribution is 0.554. The largest absolute Gasteiger partial charge is 0.417 e. The quantitative estimate of drug-likeness (QED) is 0.751. The summed E-state index contributed by atoms with van der Waals surface area (Å²) >= 11 is 11.8. The smallest absolute Gasteiger partial charge is 0.408 e. The zero-order valence-corrected chi connectivity index (χ0v) is 13.1. The molecule has 2 N–H and O–H groups in total. The minimum absolute atomic E-state index is 0.0425. The molecule has 0 radical (unpaired) electrons. The molecule has 0 bridgehead atoms. The Kier molecular flexibility index (Phi) is 3.64. The van der Waals surface area contributed by atoms with Crippen LogP contribution in [-0.2, 0) is 10.0 Å². The van der Waals surface area contributed by atoms with Crippen molar-refractivity contribution in [2.45, 2.75) is 4.90 Å². The van der Waals surface area contributed by atoms with Gasteiger partial charge in [0.05, 0.1) is 16.2 Å². The molecule has 0 saturated carbocycles. The highest BCUT2D eigenvalue weighted by atomic mass is 35.5. The van der Waals surface area contributed by atoms with Crippen LogP contribution in [0.4, 0.5) is 5.69 Å². The second-order valence-electron chi connectivity index (χ2n) is 4.41. The van der Waals surface area contributed by atoms with Crippen molar-refractivity contribution in [3.63, 3.8) is 0 Å². The third-order valence-corrected chi connectivity index (χ3v) is 4.92. The fraction of sp³-hybridized carbons (Fsp3) is 0. The number of hydrogen-bond donors (Lipinski definition) is 2. The molecule has 22 heavy (non-hydrogen) atoms. The first-order valence-corrected chi connectivity index (χ1v) is 8.20. The van der Waals surface area contributed by atoms with Gasteiger partial charge in [-0.25, -0.2) is 13.2 Å². The zero-order chi connectivity index (χ0) is 15.9. The summed E-state index contributed by atoms with van der Waals surface area (Å²) in [5, 5.41) is 0.345. The van der Waals surface area contributed by atoms with E-state index in [1.54, 1.807) is 18.2 Å². The summed E-state index contributed by atoms with van der Waals surface area (Å²) in [7, 11) is -3.96. The highest BCUT2D eigenvalue weighted by molar-refractivity contribution is 7.92. The molecule has 3 rings (SSSR count). The second kappa shape index (κ2) is 5.35. The number of oxazole rings is 1. The fourth-order valence-corrected chi connectivity index (χ4v) is 3.70. The van der Waals surface area contributed by atoms with E-state index in [0.29, 0.717) is 16.2 Å². The average molecular weight is 359 g/mol. The van der Waals surface area contributed by atoms with Crippen LogP contribution in [0, 0.1) is 0 Å². The molecule has 114 valence electrons. The predicted octanol–water partition coefficient (Wildman–Crippen LogP) is 3.23. The molecule has 0 saturated heterocycles. The first kappa shape index (κ1) is 15.0. The maximum Gasteiger partial charge on any atom is 0.417 e. The molecule has 0 aliphatic rings. The fourth-order valence-electron chi connectivity index (χ4n) is 1.92. The van der Waals surface area contributed by atoms with E-state index in [9.17, 15) is 13.2 Å². The summed E-state index contributed by atoms with van der Waals surface area (Å²) in [4.78, 5) is 13.3. The van der Waals surface area contributed by atoms with Gasteiger partial charge in [-0.2, -0.15) is 0 Å². The standard InChI is InChI=1S/C13H8Cl2N2O4S/c14-7-2-1-3-8(4-7)17-22(19,20)12-6-11-10(5-9(12)15)16-13(18)21-11/h1-6,17H,(H,16,18). The van der Waals surface area contributed by atoms with Gasteiger partial charge >= 0.3 is 5.76 Å². The zero-order valence-electron chi connectivity index (χ0n) is 10.8. The Morgan fingerprint density at radius 1 is 1.14 bits per heavy atom. The number of aromatic amines is 1. The predicted molar refractivity (Wildman–Crippen MR) is 84.1 cm³/mol. The molecular weight excluding hydrogens is 351 g/mol. The van der Waals surface area contributed by atoms with Crippen LogP contribution in [-0.4, -0.2) is 13.4 Å². The van der Waals surface area contributed by atoms with Gasteiger partial charge in [0.15, 0.2) is 5.58 Å². The molecule has 2 aromatic carbocycles. The van der Waals surface area contributed by atoms with E-state index >= 15 is 0 Å². The molecule has 3 aromatic rings. The summed E-state index contributed by atoms with van der Waals surface area (Å²) < 4.78 is 32.0. The van der Waals surface area contributed by atoms with Gasteiger partial charge in [0.25, 0.3) is 10.0 Å². The monoisotopic (exact) mass is 358 g/mol. The summed E-state index contributed by atoms with van der Waals surface area (Å²) in [6.45, 7) is 0. The molecule has 0 aliphatic heterocycles. The number of H-pyrrole nitrogens is 1. The molecule has 1 heterocycles. The Labute approximate surface area is 134 Å². The number of halogens is 2. The SMILES string of the molecule is O=c1[nH]c2cc(Cl)c(S(=O)(=O)Nc3cccc(Cl)c3)cc2o1. The van der Waals surface area contributed by atoms with Crippen molar-refractivity contribution in [3.8, 4) is 0 Å². The molecule has 1 aromatic heterocycles. The van der Waals surface area contributed by atoms with Gasteiger partial charge in [0, 0.05) is 11.1 Å². The van der Waals surface area contributed by atoms with Crippen LogP contribution in [0.5, 0.6) is 0 Å². The van der Waals surface area contributed by atoms with Crippen molar-refractivity contribution in [2.75, 3.05) is 4.72 Å². The first-order valence-electron chi connectivity index (χ1n) is 5.96. The van der Waals surface area contributed by atoms with Crippen molar-refractivity contribution < 1.29 is 12.8 Å². The highest BCUT2D eigenvalue weighted by Crippen LogP contribution is 2.28. The summed E-state index contributed by atoms with van der Waals surface area (Å²) in [5.74, 6) is -0.691. The second-order valence-corrected chi connectivity index (χ2v) is 6.90. The lowest BCUT2D eigenvalue weighted by Gasteiger charge is -2.09. The van der Waals surface area contributed by atoms with Gasteiger partial charge in [-0.3, -0.25) is 9.71 Å². The Hall–Kier alpha value is -1.96. The maximum atomic E-state index is 12.4. The number of benzene rings is 2. The summed E-state index contributed by atoms with van der Waals surface area (Å²) in [6, 6.07) is 8.73. The molecule has 0 atom stereocenters. The normalized spacial score (nSPS) is 11.7. The van der Waals surface area contributed by atoms with Crippen LogP contribution in [0.25, 0.3) is 11.1 Å². The van der Waals surface area contributed by atoms with E-state index in [0.717, 1.165) is 0 Å². The molecule has 6 nitrogen and oxygen atoms in total. The lowest BCUT2D eigenvalue weighted by atomic mass is 10.3.